The number of nitrogens with zero attached hydrogens (tertiary/aromatic N) is 2. The molecule has 7 heteroatoms. The van der Waals surface area contributed by atoms with E-state index in [4.69, 9.17) is 9.72 Å². The summed E-state index contributed by atoms with van der Waals surface area (Å²) in [4.78, 5) is 30.9. The van der Waals surface area contributed by atoms with Crippen molar-refractivity contribution in [1.29, 1.82) is 0 Å². The fourth-order valence-corrected chi connectivity index (χ4v) is 6.45. The lowest BCUT2D eigenvalue weighted by Crippen LogP contribution is -2.41. The van der Waals surface area contributed by atoms with Gasteiger partial charge in [0.25, 0.3) is 5.56 Å². The highest BCUT2D eigenvalue weighted by Gasteiger charge is 2.42. The third kappa shape index (κ3) is 4.38. The van der Waals surface area contributed by atoms with Crippen LogP contribution in [-0.2, 0) is 4.79 Å². The van der Waals surface area contributed by atoms with Gasteiger partial charge in [-0.2, -0.15) is 0 Å². The number of hydrogen-bond acceptors (Lipinski definition) is 5. The lowest BCUT2D eigenvalue weighted by molar-refractivity contribution is -0.119. The molecule has 33 heavy (non-hydrogen) atoms. The number of methoxy groups -OCH3 is 1. The Kier molecular flexibility index (Phi) is 6.15. The number of para-hydroxylation sites is 1. The van der Waals surface area contributed by atoms with Crippen LogP contribution in [0.3, 0.4) is 0 Å². The molecule has 2 aliphatic carbocycles. The van der Waals surface area contributed by atoms with E-state index < -0.39 is 0 Å². The van der Waals surface area contributed by atoms with Crippen LogP contribution in [0.15, 0.2) is 58.5 Å². The molecule has 4 atom stereocenters. The summed E-state index contributed by atoms with van der Waals surface area (Å²) in [5, 5.41) is 4.25. The maximum Gasteiger partial charge on any atom is 0.266 e. The predicted molar refractivity (Wildman–Crippen MR) is 131 cm³/mol. The topological polar surface area (TPSA) is 73.2 Å². The van der Waals surface area contributed by atoms with E-state index in [0.29, 0.717) is 33.4 Å². The van der Waals surface area contributed by atoms with Crippen LogP contribution in [0.5, 0.6) is 5.75 Å². The average Bonchev–Trinajstić information content (AvgIpc) is 3.47. The number of hydrogen-bond donors (Lipinski definition) is 1. The summed E-state index contributed by atoms with van der Waals surface area (Å²) in [5.74, 6) is 3.05. The predicted octanol–water partition coefficient (Wildman–Crippen LogP) is 4.43. The van der Waals surface area contributed by atoms with E-state index in [-0.39, 0.29) is 23.3 Å². The largest absolute Gasteiger partial charge is 0.497 e. The number of amides is 1. The van der Waals surface area contributed by atoms with Gasteiger partial charge >= 0.3 is 0 Å². The van der Waals surface area contributed by atoms with Crippen LogP contribution >= 0.6 is 11.8 Å². The first kappa shape index (κ1) is 22.0. The molecular formula is C26H29N3O3S. The molecule has 6 nitrogen and oxygen atoms in total. The van der Waals surface area contributed by atoms with Crippen LogP contribution in [0.25, 0.3) is 16.6 Å². The Morgan fingerprint density at radius 1 is 1.21 bits per heavy atom. The van der Waals surface area contributed by atoms with Crippen LogP contribution in [0, 0.1) is 17.8 Å². The number of carbonyl (C=O) groups is 1. The SMILES string of the molecule is COc1cccc(-n2c(SCC(=O)N[C@H](C)[C@H]3C[C@H]4CC[C@H]3C4)nc3ccccc3c2=O)c1. The number of thioether (sulfide) groups is 1. The number of nitrogens with one attached hydrogen (secondary N) is 1. The molecule has 0 spiro atoms. The molecule has 0 unspecified atom stereocenters. The van der Waals surface area contributed by atoms with E-state index in [1.165, 1.54) is 37.4 Å². The Bertz CT molecular complexity index is 1240. The quantitative estimate of drug-likeness (QED) is 0.415. The van der Waals surface area contributed by atoms with Crippen LogP contribution in [0.4, 0.5) is 0 Å². The van der Waals surface area contributed by atoms with Gasteiger partial charge < -0.3 is 10.1 Å². The van der Waals surface area contributed by atoms with E-state index in [9.17, 15) is 9.59 Å². The Morgan fingerprint density at radius 2 is 2.06 bits per heavy atom. The van der Waals surface area contributed by atoms with E-state index in [0.717, 1.165) is 11.8 Å². The first-order chi connectivity index (χ1) is 16.0. The zero-order valence-electron chi connectivity index (χ0n) is 19.0. The van der Waals surface area contributed by atoms with Crippen LogP contribution < -0.4 is 15.6 Å². The summed E-state index contributed by atoms with van der Waals surface area (Å²) < 4.78 is 6.92. The molecule has 2 aromatic carbocycles. The summed E-state index contributed by atoms with van der Waals surface area (Å²) in [6, 6.07) is 14.8. The van der Waals surface area contributed by atoms with Gasteiger partial charge in [-0.3, -0.25) is 14.2 Å². The molecular weight excluding hydrogens is 434 g/mol. The molecule has 1 aromatic heterocycles. The van der Waals surface area contributed by atoms with Gasteiger partial charge in [0.1, 0.15) is 5.75 Å². The van der Waals surface area contributed by atoms with Gasteiger partial charge in [-0.1, -0.05) is 36.4 Å². The second kappa shape index (κ2) is 9.21. The Hall–Kier alpha value is -2.80. The minimum atomic E-state index is -0.160. The van der Waals surface area contributed by atoms with Gasteiger partial charge in [0.15, 0.2) is 5.16 Å². The van der Waals surface area contributed by atoms with Crippen molar-refractivity contribution < 1.29 is 9.53 Å². The summed E-state index contributed by atoms with van der Waals surface area (Å²) in [6.07, 6.45) is 5.22. The second-order valence-corrected chi connectivity index (χ2v) is 10.2. The third-order valence-electron chi connectivity index (χ3n) is 7.21. The minimum Gasteiger partial charge on any atom is -0.497 e. The van der Waals surface area contributed by atoms with Gasteiger partial charge in [0, 0.05) is 12.1 Å². The molecule has 0 aliphatic heterocycles. The fourth-order valence-electron chi connectivity index (χ4n) is 5.63. The highest BCUT2D eigenvalue weighted by Crippen LogP contribution is 2.49. The first-order valence-electron chi connectivity index (χ1n) is 11.6. The van der Waals surface area contributed by atoms with Crippen molar-refractivity contribution in [3.63, 3.8) is 0 Å². The highest BCUT2D eigenvalue weighted by atomic mass is 32.2. The Morgan fingerprint density at radius 3 is 2.82 bits per heavy atom. The molecule has 172 valence electrons. The number of benzene rings is 2. The smallest absolute Gasteiger partial charge is 0.266 e. The third-order valence-corrected chi connectivity index (χ3v) is 8.15. The Labute approximate surface area is 197 Å². The molecule has 1 N–H and O–H groups in total. The first-order valence-corrected chi connectivity index (χ1v) is 12.6. The summed E-state index contributed by atoms with van der Waals surface area (Å²) >= 11 is 1.29. The number of fused-ring (bicyclic) bond motifs is 3. The summed E-state index contributed by atoms with van der Waals surface area (Å²) in [5.41, 5.74) is 1.13. The molecule has 3 aromatic rings. The van der Waals surface area contributed by atoms with Crippen molar-refractivity contribution in [2.24, 2.45) is 17.8 Å². The van der Waals surface area contributed by atoms with E-state index in [1.54, 1.807) is 23.8 Å². The van der Waals surface area contributed by atoms with Crippen LogP contribution in [0.2, 0.25) is 0 Å². The molecule has 2 fully saturated rings. The van der Waals surface area contributed by atoms with Crippen molar-refractivity contribution in [3.05, 3.63) is 58.9 Å². The number of ether oxygens (including phenoxy) is 1. The fraction of sp³-hybridized carbons (Fsp3) is 0.423. The van der Waals surface area contributed by atoms with Crippen molar-refractivity contribution in [2.75, 3.05) is 12.9 Å². The maximum absolute atomic E-state index is 13.4. The van der Waals surface area contributed by atoms with E-state index >= 15 is 0 Å². The van der Waals surface area contributed by atoms with Crippen LogP contribution in [-0.4, -0.2) is 34.4 Å². The lowest BCUT2D eigenvalue weighted by Gasteiger charge is -2.28. The van der Waals surface area contributed by atoms with E-state index in [1.807, 2.05) is 36.4 Å². The molecule has 0 radical (unpaired) electrons. The van der Waals surface area contributed by atoms with Crippen LogP contribution in [0.1, 0.15) is 32.6 Å². The molecule has 1 heterocycles. The lowest BCUT2D eigenvalue weighted by atomic mass is 9.84. The highest BCUT2D eigenvalue weighted by molar-refractivity contribution is 7.99. The molecule has 5 rings (SSSR count). The van der Waals surface area contributed by atoms with Gasteiger partial charge in [-0.15, -0.1) is 0 Å². The second-order valence-electron chi connectivity index (χ2n) is 9.24. The minimum absolute atomic E-state index is 0.0186. The normalized spacial score (nSPS) is 22.4. The number of carbonyl (C=O) groups excluding carboxylic acids is 1. The standard InChI is InChI=1S/C26H29N3O3S/c1-16(22-13-17-10-11-18(22)12-17)27-24(30)15-33-26-28-23-9-4-3-8-21(23)25(31)29(26)19-6-5-7-20(14-19)32-2/h3-9,14,16-18,22H,10-13,15H2,1-2H3,(H,27,30)/t16-,17+,18+,22-/m1/s1. The van der Waals surface area contributed by atoms with Gasteiger partial charge in [0.05, 0.1) is 29.5 Å². The van der Waals surface area contributed by atoms with Crippen molar-refractivity contribution in [1.82, 2.24) is 14.9 Å². The molecule has 2 aliphatic rings. The summed E-state index contributed by atoms with van der Waals surface area (Å²) in [7, 11) is 1.60. The Balaban J connectivity index is 1.39. The molecule has 2 saturated carbocycles. The van der Waals surface area contributed by atoms with E-state index in [2.05, 4.69) is 12.2 Å². The number of aromatic nitrogens is 2. The molecule has 1 amide bonds. The monoisotopic (exact) mass is 463 g/mol. The molecule has 0 saturated heterocycles. The van der Waals surface area contributed by atoms with Gasteiger partial charge in [-0.05, 0) is 68.2 Å². The maximum atomic E-state index is 13.4. The van der Waals surface area contributed by atoms with Gasteiger partial charge in [0.2, 0.25) is 5.91 Å². The average molecular weight is 464 g/mol. The van der Waals surface area contributed by atoms with Crippen molar-refractivity contribution in [3.8, 4) is 11.4 Å². The van der Waals surface area contributed by atoms with Crippen molar-refractivity contribution >= 4 is 28.6 Å². The zero-order chi connectivity index (χ0) is 22.9. The van der Waals surface area contributed by atoms with Crippen molar-refractivity contribution in [2.45, 2.75) is 43.8 Å². The summed E-state index contributed by atoms with van der Waals surface area (Å²) in [6.45, 7) is 2.13. The number of rotatable bonds is 7. The van der Waals surface area contributed by atoms with Gasteiger partial charge in [-0.25, -0.2) is 4.98 Å². The zero-order valence-corrected chi connectivity index (χ0v) is 19.8. The molecule has 2 bridgehead atoms.